The highest BCUT2D eigenvalue weighted by molar-refractivity contribution is 7.26. The van der Waals surface area contributed by atoms with Gasteiger partial charge in [0.1, 0.15) is 5.84 Å². The molecule has 8 aromatic carbocycles. The number of fused-ring (bicyclic) bond motifs is 6. The summed E-state index contributed by atoms with van der Waals surface area (Å²) in [5, 5.41) is 8.85. The minimum atomic E-state index is -0.0262. The fraction of sp³-hybridized carbons (Fsp3) is 0.0192. The van der Waals surface area contributed by atoms with Crippen molar-refractivity contribution in [1.82, 2.24) is 9.88 Å². The highest BCUT2D eigenvalue weighted by atomic mass is 32.1. The van der Waals surface area contributed by atoms with Gasteiger partial charge in [-0.3, -0.25) is 0 Å². The lowest BCUT2D eigenvalue weighted by Crippen LogP contribution is -2.31. The molecule has 0 amide bonds. The Bertz CT molecular complexity index is 3140. The summed E-state index contributed by atoms with van der Waals surface area (Å²) in [6.45, 7) is 0. The first-order valence-electron chi connectivity index (χ1n) is 19.1. The fourth-order valence-electron chi connectivity index (χ4n) is 8.37. The molecule has 56 heavy (non-hydrogen) atoms. The van der Waals surface area contributed by atoms with Crippen LogP contribution in [-0.2, 0) is 0 Å². The van der Waals surface area contributed by atoms with Crippen molar-refractivity contribution in [2.75, 3.05) is 0 Å². The smallest absolute Gasteiger partial charge is 0.134 e. The number of nitrogens with one attached hydrogen (secondary N) is 1. The molecular weight excluding hydrogens is 699 g/mol. The van der Waals surface area contributed by atoms with Gasteiger partial charge in [-0.15, -0.1) is 11.3 Å². The van der Waals surface area contributed by atoms with Crippen LogP contribution in [-0.4, -0.2) is 10.4 Å². The van der Waals surface area contributed by atoms with Crippen LogP contribution in [0, 0.1) is 0 Å². The lowest BCUT2D eigenvalue weighted by molar-refractivity contribution is 0.781. The molecule has 1 aliphatic rings. The summed E-state index contributed by atoms with van der Waals surface area (Å²) in [6.07, 6.45) is 2.24. The zero-order chi connectivity index (χ0) is 37.0. The van der Waals surface area contributed by atoms with Crippen molar-refractivity contribution in [3.63, 3.8) is 0 Å². The number of nitrogens with zero attached hydrogens (tertiary/aromatic N) is 2. The summed E-state index contributed by atoms with van der Waals surface area (Å²) in [7, 11) is 0. The maximum absolute atomic E-state index is 5.32. The third-order valence-corrected chi connectivity index (χ3v) is 12.1. The number of rotatable bonds is 6. The molecule has 0 radical (unpaired) electrons. The quantitative estimate of drug-likeness (QED) is 0.181. The van der Waals surface area contributed by atoms with Gasteiger partial charge in [-0.05, 0) is 88.0 Å². The molecule has 1 atom stereocenters. The molecule has 11 rings (SSSR count). The molecule has 10 aromatic rings. The fourth-order valence-corrected chi connectivity index (χ4v) is 9.54. The zero-order valence-corrected chi connectivity index (χ0v) is 31.2. The van der Waals surface area contributed by atoms with Gasteiger partial charge in [0.15, 0.2) is 0 Å². The van der Waals surface area contributed by atoms with Crippen molar-refractivity contribution in [1.29, 1.82) is 0 Å². The summed E-state index contributed by atoms with van der Waals surface area (Å²) < 4.78 is 4.94. The van der Waals surface area contributed by atoms with E-state index in [-0.39, 0.29) is 6.04 Å². The number of para-hydroxylation sites is 1. The van der Waals surface area contributed by atoms with Crippen LogP contribution in [0.5, 0.6) is 0 Å². The first-order chi connectivity index (χ1) is 27.7. The van der Waals surface area contributed by atoms with Crippen LogP contribution in [0.1, 0.15) is 22.7 Å². The van der Waals surface area contributed by atoms with E-state index in [0.717, 1.165) is 28.3 Å². The molecule has 0 aliphatic carbocycles. The van der Waals surface area contributed by atoms with Crippen LogP contribution in [0.4, 0.5) is 0 Å². The van der Waals surface area contributed by atoms with Crippen LogP contribution in [0.25, 0.3) is 75.6 Å². The van der Waals surface area contributed by atoms with Gasteiger partial charge in [0.2, 0.25) is 0 Å². The number of aromatic nitrogens is 1. The largest absolute Gasteiger partial charge is 0.359 e. The number of aliphatic imine (C=N–C) groups is 1. The van der Waals surface area contributed by atoms with E-state index in [1.165, 1.54) is 69.8 Å². The van der Waals surface area contributed by atoms with E-state index in [0.29, 0.717) is 0 Å². The first-order valence-corrected chi connectivity index (χ1v) is 19.9. The number of amidine groups is 1. The predicted octanol–water partition coefficient (Wildman–Crippen LogP) is 13.6. The van der Waals surface area contributed by atoms with Gasteiger partial charge in [-0.25, -0.2) is 4.99 Å². The maximum atomic E-state index is 5.32. The third-order valence-electron chi connectivity index (χ3n) is 11.0. The molecule has 0 bridgehead atoms. The molecule has 0 saturated carbocycles. The molecular formula is C52H35N3S. The van der Waals surface area contributed by atoms with Crippen LogP contribution < -0.4 is 5.32 Å². The van der Waals surface area contributed by atoms with Crippen molar-refractivity contribution < 1.29 is 0 Å². The molecule has 1 unspecified atom stereocenters. The SMILES string of the molecule is C1=C(c2ccccc2)N=C(c2cc(-c3ccc4c(c3)c3ccc(-c5ccccc5)cc3n4-c3ccccc3)c3c(c2)sc2ccccc23)NC1c1ccccc1. The van der Waals surface area contributed by atoms with E-state index in [9.17, 15) is 0 Å². The summed E-state index contributed by atoms with van der Waals surface area (Å²) >= 11 is 1.85. The van der Waals surface area contributed by atoms with Gasteiger partial charge in [-0.2, -0.15) is 0 Å². The van der Waals surface area contributed by atoms with Crippen LogP contribution in [0.2, 0.25) is 0 Å². The molecule has 264 valence electrons. The molecule has 3 nitrogen and oxygen atoms in total. The Morgan fingerprint density at radius 3 is 1.93 bits per heavy atom. The second-order valence-electron chi connectivity index (χ2n) is 14.4. The van der Waals surface area contributed by atoms with Gasteiger partial charge in [0, 0.05) is 42.2 Å². The highest BCUT2D eigenvalue weighted by Crippen LogP contribution is 2.44. The van der Waals surface area contributed by atoms with Crippen LogP contribution in [0.3, 0.4) is 0 Å². The van der Waals surface area contributed by atoms with Crippen molar-refractivity contribution in [3.05, 3.63) is 217 Å². The highest BCUT2D eigenvalue weighted by Gasteiger charge is 2.23. The molecule has 4 heteroatoms. The van der Waals surface area contributed by atoms with E-state index in [4.69, 9.17) is 4.99 Å². The molecule has 1 aliphatic heterocycles. The standard InChI is InChI=1S/C52H35N3S/c1-5-15-34(16-6-1)37-25-27-41-44-29-38(26-28-47(44)55(48(41)31-37)40-21-11-4-12-22-40)43-30-39(32-50-51(43)42-23-13-14-24-49(42)56-50)52-53-45(35-17-7-2-8-18-35)33-46(54-52)36-19-9-3-10-20-36/h1-33,45H,(H,53,54). The van der Waals surface area contributed by atoms with Gasteiger partial charge in [0.05, 0.1) is 22.8 Å². The van der Waals surface area contributed by atoms with Gasteiger partial charge in [0.25, 0.3) is 0 Å². The average Bonchev–Trinajstić information content (AvgIpc) is 3.82. The van der Waals surface area contributed by atoms with E-state index in [1.807, 2.05) is 11.3 Å². The Morgan fingerprint density at radius 2 is 1.14 bits per heavy atom. The molecule has 0 saturated heterocycles. The number of thiophene rings is 1. The van der Waals surface area contributed by atoms with Crippen molar-refractivity contribution in [2.45, 2.75) is 6.04 Å². The Kier molecular flexibility index (Phi) is 7.75. The minimum absolute atomic E-state index is 0.0262. The van der Waals surface area contributed by atoms with Crippen molar-refractivity contribution in [3.8, 4) is 27.9 Å². The van der Waals surface area contributed by atoms with E-state index in [1.54, 1.807) is 0 Å². The summed E-state index contributed by atoms with van der Waals surface area (Å²) in [5.74, 6) is 0.871. The molecule has 2 aromatic heterocycles. The normalized spacial score (nSPS) is 14.2. The number of hydrogen-bond acceptors (Lipinski definition) is 3. The van der Waals surface area contributed by atoms with E-state index in [2.05, 4.69) is 210 Å². The Labute approximate surface area is 329 Å². The molecule has 0 fully saturated rings. The Morgan fingerprint density at radius 1 is 0.464 bits per heavy atom. The zero-order valence-electron chi connectivity index (χ0n) is 30.4. The molecule has 1 N–H and O–H groups in total. The second kappa shape index (κ2) is 13.4. The molecule has 3 heterocycles. The average molecular weight is 734 g/mol. The lowest BCUT2D eigenvalue weighted by Gasteiger charge is -2.25. The lowest BCUT2D eigenvalue weighted by atomic mass is 9.94. The number of benzene rings is 8. The van der Waals surface area contributed by atoms with E-state index >= 15 is 0 Å². The van der Waals surface area contributed by atoms with Crippen LogP contribution >= 0.6 is 11.3 Å². The summed E-state index contributed by atoms with van der Waals surface area (Å²) in [6, 6.07) is 69.9. The van der Waals surface area contributed by atoms with Gasteiger partial charge < -0.3 is 9.88 Å². The van der Waals surface area contributed by atoms with Gasteiger partial charge >= 0.3 is 0 Å². The summed E-state index contributed by atoms with van der Waals surface area (Å²) in [5.41, 5.74) is 12.7. The van der Waals surface area contributed by atoms with Crippen molar-refractivity contribution >= 4 is 64.8 Å². The van der Waals surface area contributed by atoms with Crippen molar-refractivity contribution in [2.24, 2.45) is 4.99 Å². The molecule has 0 spiro atoms. The predicted molar refractivity (Wildman–Crippen MR) is 238 cm³/mol. The topological polar surface area (TPSA) is 29.3 Å². The van der Waals surface area contributed by atoms with Crippen LogP contribution in [0.15, 0.2) is 205 Å². The first kappa shape index (κ1) is 32.4. The summed E-state index contributed by atoms with van der Waals surface area (Å²) in [4.78, 5) is 5.32. The van der Waals surface area contributed by atoms with E-state index < -0.39 is 0 Å². The maximum Gasteiger partial charge on any atom is 0.134 e. The Balaban J connectivity index is 1.13. The Hall–Kier alpha value is -7.01. The second-order valence-corrected chi connectivity index (χ2v) is 15.5. The number of hydrogen-bond donors (Lipinski definition) is 1. The van der Waals surface area contributed by atoms with Gasteiger partial charge in [-0.1, -0.05) is 146 Å². The third kappa shape index (κ3) is 5.54. The monoisotopic (exact) mass is 733 g/mol. The minimum Gasteiger partial charge on any atom is -0.359 e.